The molecule has 1 amide bonds. The smallest absolute Gasteiger partial charge is 0.326 e. The van der Waals surface area contributed by atoms with E-state index in [1.54, 1.807) is 0 Å². The second-order valence-electron chi connectivity index (χ2n) is 4.51. The summed E-state index contributed by atoms with van der Waals surface area (Å²) in [6.45, 7) is 0.431. The van der Waals surface area contributed by atoms with Gasteiger partial charge in [0.1, 0.15) is 6.04 Å². The van der Waals surface area contributed by atoms with Crippen molar-refractivity contribution in [3.8, 4) is 17.2 Å². The zero-order valence-electron chi connectivity index (χ0n) is 11.2. The Morgan fingerprint density at radius 2 is 1.71 bits per heavy atom. The molecule has 0 aliphatic heterocycles. The Kier molecular flexibility index (Phi) is 5.79. The summed E-state index contributed by atoms with van der Waals surface area (Å²) >= 11 is 0. The molecular formula is C13H18N2O6. The SMILES string of the molecule is NCCCC[C@H](NC(=O)c1cc(O)c(O)c(O)c1)C(=O)O. The second-order valence-corrected chi connectivity index (χ2v) is 4.51. The van der Waals surface area contributed by atoms with Crippen LogP contribution in [0.15, 0.2) is 12.1 Å². The van der Waals surface area contributed by atoms with Crippen molar-refractivity contribution in [1.82, 2.24) is 5.32 Å². The molecule has 1 aromatic carbocycles. The third kappa shape index (κ3) is 4.53. The summed E-state index contributed by atoms with van der Waals surface area (Å²) in [6.07, 6.45) is 1.40. The van der Waals surface area contributed by atoms with E-state index in [-0.39, 0.29) is 12.0 Å². The van der Waals surface area contributed by atoms with Crippen LogP contribution in [0.5, 0.6) is 17.2 Å². The van der Waals surface area contributed by atoms with E-state index in [0.29, 0.717) is 19.4 Å². The van der Waals surface area contributed by atoms with Crippen molar-refractivity contribution in [2.24, 2.45) is 5.73 Å². The van der Waals surface area contributed by atoms with Gasteiger partial charge in [0.25, 0.3) is 5.91 Å². The lowest BCUT2D eigenvalue weighted by atomic mass is 10.1. The largest absolute Gasteiger partial charge is 0.504 e. The number of amides is 1. The van der Waals surface area contributed by atoms with Crippen LogP contribution in [0.25, 0.3) is 0 Å². The van der Waals surface area contributed by atoms with Gasteiger partial charge < -0.3 is 31.5 Å². The molecule has 8 heteroatoms. The first kappa shape index (κ1) is 16.6. The van der Waals surface area contributed by atoms with E-state index in [9.17, 15) is 24.9 Å². The summed E-state index contributed by atoms with van der Waals surface area (Å²) in [4.78, 5) is 23.0. The average Bonchev–Trinajstić information content (AvgIpc) is 2.42. The molecule has 0 bridgehead atoms. The number of nitrogens with two attached hydrogens (primary N) is 1. The Bertz CT molecular complexity index is 508. The number of benzene rings is 1. The fourth-order valence-corrected chi connectivity index (χ4v) is 1.73. The summed E-state index contributed by atoms with van der Waals surface area (Å²) in [5, 5.41) is 39.2. The number of carboxylic acids is 1. The number of phenolic OH excluding ortho intramolecular Hbond substituents is 3. The van der Waals surface area contributed by atoms with E-state index in [1.165, 1.54) is 0 Å². The number of carbonyl (C=O) groups is 2. The molecule has 0 unspecified atom stereocenters. The number of aliphatic carboxylic acids is 1. The van der Waals surface area contributed by atoms with Gasteiger partial charge in [0.05, 0.1) is 0 Å². The lowest BCUT2D eigenvalue weighted by Crippen LogP contribution is -2.40. The number of aromatic hydroxyl groups is 3. The van der Waals surface area contributed by atoms with Crippen LogP contribution in [0.4, 0.5) is 0 Å². The monoisotopic (exact) mass is 298 g/mol. The predicted octanol–water partition coefficient (Wildman–Crippen LogP) is 0.115. The van der Waals surface area contributed by atoms with Gasteiger partial charge in [0, 0.05) is 5.56 Å². The Morgan fingerprint density at radius 1 is 1.14 bits per heavy atom. The number of hydrogen-bond donors (Lipinski definition) is 6. The van der Waals surface area contributed by atoms with E-state index in [0.717, 1.165) is 12.1 Å². The van der Waals surface area contributed by atoms with Crippen LogP contribution in [0, 0.1) is 0 Å². The first-order chi connectivity index (χ1) is 9.86. The summed E-state index contributed by atoms with van der Waals surface area (Å²) in [5.41, 5.74) is 5.16. The maximum absolute atomic E-state index is 11.9. The van der Waals surface area contributed by atoms with E-state index in [2.05, 4.69) is 5.32 Å². The van der Waals surface area contributed by atoms with Gasteiger partial charge in [-0.15, -0.1) is 0 Å². The molecule has 0 saturated carbocycles. The fourth-order valence-electron chi connectivity index (χ4n) is 1.73. The third-order valence-corrected chi connectivity index (χ3v) is 2.88. The van der Waals surface area contributed by atoms with Gasteiger partial charge in [0.15, 0.2) is 17.2 Å². The van der Waals surface area contributed by atoms with Crippen molar-refractivity contribution in [2.45, 2.75) is 25.3 Å². The highest BCUT2D eigenvalue weighted by Gasteiger charge is 2.21. The minimum absolute atomic E-state index is 0.159. The summed E-state index contributed by atoms with van der Waals surface area (Å²) in [7, 11) is 0. The number of carbonyl (C=O) groups excluding carboxylic acids is 1. The molecule has 21 heavy (non-hydrogen) atoms. The first-order valence-electron chi connectivity index (χ1n) is 6.35. The maximum Gasteiger partial charge on any atom is 0.326 e. The average molecular weight is 298 g/mol. The van der Waals surface area contributed by atoms with E-state index in [4.69, 9.17) is 10.8 Å². The molecular weight excluding hydrogens is 280 g/mol. The Hall–Kier alpha value is -2.48. The molecule has 1 aromatic rings. The van der Waals surface area contributed by atoms with Gasteiger partial charge >= 0.3 is 5.97 Å². The Morgan fingerprint density at radius 3 is 2.19 bits per heavy atom. The second kappa shape index (κ2) is 7.34. The molecule has 8 nitrogen and oxygen atoms in total. The van der Waals surface area contributed by atoms with Crippen LogP contribution in [-0.4, -0.2) is 44.9 Å². The summed E-state index contributed by atoms with van der Waals surface area (Å²) in [6, 6.07) is 0.772. The standard InChI is InChI=1S/C13H18N2O6/c14-4-2-1-3-8(13(20)21)15-12(19)7-5-9(16)11(18)10(17)6-7/h5-6,8,16-18H,1-4,14H2,(H,15,19)(H,20,21)/t8-/m0/s1. The fraction of sp³-hybridized carbons (Fsp3) is 0.385. The molecule has 0 aliphatic rings. The topological polar surface area (TPSA) is 153 Å². The Balaban J connectivity index is 2.80. The lowest BCUT2D eigenvalue weighted by Gasteiger charge is -2.14. The van der Waals surface area contributed by atoms with Crippen molar-refractivity contribution in [3.63, 3.8) is 0 Å². The van der Waals surface area contributed by atoms with Gasteiger partial charge in [0.2, 0.25) is 0 Å². The van der Waals surface area contributed by atoms with Crippen molar-refractivity contribution < 1.29 is 30.0 Å². The van der Waals surface area contributed by atoms with Gasteiger partial charge in [-0.2, -0.15) is 0 Å². The highest BCUT2D eigenvalue weighted by atomic mass is 16.4. The molecule has 116 valence electrons. The minimum Gasteiger partial charge on any atom is -0.504 e. The molecule has 0 saturated heterocycles. The van der Waals surface area contributed by atoms with E-state index in [1.807, 2.05) is 0 Å². The van der Waals surface area contributed by atoms with Crippen molar-refractivity contribution >= 4 is 11.9 Å². The third-order valence-electron chi connectivity index (χ3n) is 2.88. The predicted molar refractivity (Wildman–Crippen MR) is 73.2 cm³/mol. The zero-order valence-corrected chi connectivity index (χ0v) is 11.2. The number of nitrogens with one attached hydrogen (secondary N) is 1. The number of unbranched alkanes of at least 4 members (excludes halogenated alkanes) is 1. The molecule has 0 aromatic heterocycles. The van der Waals surface area contributed by atoms with Crippen molar-refractivity contribution in [3.05, 3.63) is 17.7 Å². The normalized spacial score (nSPS) is 11.9. The van der Waals surface area contributed by atoms with Gasteiger partial charge in [-0.25, -0.2) is 4.79 Å². The van der Waals surface area contributed by atoms with E-state index >= 15 is 0 Å². The van der Waals surface area contributed by atoms with Crippen molar-refractivity contribution in [2.75, 3.05) is 6.54 Å². The molecule has 7 N–H and O–H groups in total. The van der Waals surface area contributed by atoms with Crippen LogP contribution >= 0.6 is 0 Å². The van der Waals surface area contributed by atoms with Crippen LogP contribution < -0.4 is 11.1 Å². The van der Waals surface area contributed by atoms with Crippen molar-refractivity contribution in [1.29, 1.82) is 0 Å². The number of phenols is 3. The van der Waals surface area contributed by atoms with Crippen LogP contribution in [0.3, 0.4) is 0 Å². The molecule has 0 fully saturated rings. The first-order valence-corrected chi connectivity index (χ1v) is 6.35. The summed E-state index contributed by atoms with van der Waals surface area (Å²) in [5.74, 6) is -4.05. The minimum atomic E-state index is -1.19. The highest BCUT2D eigenvalue weighted by molar-refractivity contribution is 5.97. The van der Waals surface area contributed by atoms with Gasteiger partial charge in [-0.1, -0.05) is 0 Å². The zero-order chi connectivity index (χ0) is 16.0. The number of carboxylic acid groups (broad SMARTS) is 1. The van der Waals surface area contributed by atoms with Crippen LogP contribution in [0.2, 0.25) is 0 Å². The number of hydrogen-bond acceptors (Lipinski definition) is 6. The van der Waals surface area contributed by atoms with E-state index < -0.39 is 35.2 Å². The molecule has 0 heterocycles. The lowest BCUT2D eigenvalue weighted by molar-refractivity contribution is -0.139. The molecule has 0 spiro atoms. The molecule has 0 aliphatic carbocycles. The van der Waals surface area contributed by atoms with Gasteiger partial charge in [-0.3, -0.25) is 4.79 Å². The van der Waals surface area contributed by atoms with Crippen LogP contribution in [0.1, 0.15) is 29.6 Å². The Labute approximate surface area is 120 Å². The van der Waals surface area contributed by atoms with Gasteiger partial charge in [-0.05, 0) is 37.9 Å². The number of rotatable bonds is 7. The molecule has 1 rings (SSSR count). The maximum atomic E-state index is 11.9. The molecule has 1 atom stereocenters. The molecule has 0 radical (unpaired) electrons. The quantitative estimate of drug-likeness (QED) is 0.308. The van der Waals surface area contributed by atoms with Crippen LogP contribution in [-0.2, 0) is 4.79 Å². The highest BCUT2D eigenvalue weighted by Crippen LogP contribution is 2.35. The summed E-state index contributed by atoms with van der Waals surface area (Å²) < 4.78 is 0.